The second-order valence-electron chi connectivity index (χ2n) is 10.0. The fourth-order valence-electron chi connectivity index (χ4n) is 4.42. The number of carbonyl (C=O) groups excluding carboxylic acids is 2. The Labute approximate surface area is 230 Å². The number of halogens is 1. The van der Waals surface area contributed by atoms with Gasteiger partial charge in [0.2, 0.25) is 21.8 Å². The molecule has 1 N–H and O–H groups in total. The predicted molar refractivity (Wildman–Crippen MR) is 152 cm³/mol. The summed E-state index contributed by atoms with van der Waals surface area (Å²) in [5, 5.41) is 2.87. The first kappa shape index (κ1) is 29.8. The molecule has 2 amide bonds. The van der Waals surface area contributed by atoms with E-state index in [0.29, 0.717) is 11.3 Å². The van der Waals surface area contributed by atoms with E-state index < -0.39 is 40.2 Å². The van der Waals surface area contributed by atoms with Crippen molar-refractivity contribution in [3.05, 3.63) is 101 Å². The SMILES string of the molecule is Cc1ccc(N(CC(=O)N(Cc2ccccc2F)[C@@H](Cc2ccccc2)C(=O)NC(C)C)S(C)(=O)=O)c(C)c1. The molecule has 1 atom stereocenters. The van der Waals surface area contributed by atoms with Crippen LogP contribution in [0.15, 0.2) is 72.8 Å². The first-order valence-corrected chi connectivity index (χ1v) is 14.6. The highest BCUT2D eigenvalue weighted by Gasteiger charge is 2.34. The van der Waals surface area contributed by atoms with Crippen LogP contribution in [0.1, 0.15) is 36.1 Å². The van der Waals surface area contributed by atoms with E-state index in [9.17, 15) is 22.4 Å². The van der Waals surface area contributed by atoms with Gasteiger partial charge in [-0.2, -0.15) is 0 Å². The standard InChI is InChI=1S/C30H36FN3O4S/c1-21(2)32-30(36)28(18-24-11-7-6-8-12-24)33(19-25-13-9-10-14-26(25)31)29(35)20-34(39(5,37)38)27-16-15-22(3)17-23(27)4/h6-17,21,28H,18-20H2,1-5H3,(H,32,36)/t28-/m0/s1. The third-order valence-corrected chi connectivity index (χ3v) is 7.43. The minimum absolute atomic E-state index is 0.169. The van der Waals surface area contributed by atoms with E-state index in [0.717, 1.165) is 21.7 Å². The molecular formula is C30H36FN3O4S. The van der Waals surface area contributed by atoms with Crippen molar-refractivity contribution in [2.45, 2.75) is 52.7 Å². The summed E-state index contributed by atoms with van der Waals surface area (Å²) in [6, 6.07) is 19.3. The zero-order valence-electron chi connectivity index (χ0n) is 23.0. The molecule has 0 saturated heterocycles. The summed E-state index contributed by atoms with van der Waals surface area (Å²) in [5.74, 6) is -1.55. The van der Waals surface area contributed by atoms with Gasteiger partial charge in [0, 0.05) is 24.6 Å². The van der Waals surface area contributed by atoms with E-state index >= 15 is 0 Å². The summed E-state index contributed by atoms with van der Waals surface area (Å²) in [7, 11) is -3.88. The molecule has 0 spiro atoms. The lowest BCUT2D eigenvalue weighted by Crippen LogP contribution is -2.54. The molecule has 0 bridgehead atoms. The molecule has 0 aliphatic carbocycles. The second kappa shape index (κ2) is 12.9. The predicted octanol–water partition coefficient (Wildman–Crippen LogP) is 4.37. The van der Waals surface area contributed by atoms with Gasteiger partial charge in [0.05, 0.1) is 11.9 Å². The third kappa shape index (κ3) is 8.13. The van der Waals surface area contributed by atoms with Crippen LogP contribution >= 0.6 is 0 Å². The summed E-state index contributed by atoms with van der Waals surface area (Å²) in [4.78, 5) is 28.8. The number of carbonyl (C=O) groups is 2. The topological polar surface area (TPSA) is 86.8 Å². The number of rotatable bonds is 11. The minimum atomic E-state index is -3.88. The smallest absolute Gasteiger partial charge is 0.244 e. The van der Waals surface area contributed by atoms with Crippen LogP contribution in [0, 0.1) is 19.7 Å². The molecule has 0 radical (unpaired) electrons. The van der Waals surface area contributed by atoms with Crippen molar-refractivity contribution >= 4 is 27.5 Å². The van der Waals surface area contributed by atoms with Gasteiger partial charge in [-0.25, -0.2) is 12.8 Å². The van der Waals surface area contributed by atoms with E-state index in [2.05, 4.69) is 5.32 Å². The Hall–Kier alpha value is -3.72. The van der Waals surface area contributed by atoms with Crippen molar-refractivity contribution in [3.8, 4) is 0 Å². The van der Waals surface area contributed by atoms with Gasteiger partial charge in [-0.3, -0.25) is 13.9 Å². The molecule has 0 aliphatic rings. The van der Waals surface area contributed by atoms with Crippen molar-refractivity contribution in [2.75, 3.05) is 17.1 Å². The number of benzene rings is 3. The molecule has 39 heavy (non-hydrogen) atoms. The van der Waals surface area contributed by atoms with Crippen LogP contribution in [-0.4, -0.2) is 50.0 Å². The maximum atomic E-state index is 14.8. The molecule has 0 unspecified atom stereocenters. The van der Waals surface area contributed by atoms with E-state index in [4.69, 9.17) is 0 Å². The van der Waals surface area contributed by atoms with E-state index in [1.54, 1.807) is 37.3 Å². The van der Waals surface area contributed by atoms with Crippen LogP contribution < -0.4 is 9.62 Å². The number of hydrogen-bond donors (Lipinski definition) is 1. The molecule has 9 heteroatoms. The summed E-state index contributed by atoms with van der Waals surface area (Å²) < 4.78 is 41.6. The van der Waals surface area contributed by atoms with Crippen molar-refractivity contribution in [2.24, 2.45) is 0 Å². The lowest BCUT2D eigenvalue weighted by Gasteiger charge is -2.34. The molecule has 7 nitrogen and oxygen atoms in total. The average Bonchev–Trinajstić information content (AvgIpc) is 2.85. The first-order chi connectivity index (χ1) is 18.4. The fraction of sp³-hybridized carbons (Fsp3) is 0.333. The molecule has 0 saturated carbocycles. The van der Waals surface area contributed by atoms with Gasteiger partial charge in [0.15, 0.2) is 0 Å². The van der Waals surface area contributed by atoms with Crippen molar-refractivity contribution in [3.63, 3.8) is 0 Å². The van der Waals surface area contributed by atoms with Gasteiger partial charge in [-0.1, -0.05) is 66.2 Å². The van der Waals surface area contributed by atoms with Gasteiger partial charge in [-0.05, 0) is 51.0 Å². The van der Waals surface area contributed by atoms with Crippen LogP contribution in [0.2, 0.25) is 0 Å². The average molecular weight is 554 g/mol. The normalized spacial score (nSPS) is 12.2. The van der Waals surface area contributed by atoms with E-state index in [1.807, 2.05) is 57.2 Å². The summed E-state index contributed by atoms with van der Waals surface area (Å²) >= 11 is 0. The van der Waals surface area contributed by atoms with Crippen LogP contribution in [0.25, 0.3) is 0 Å². The number of nitrogens with zero attached hydrogens (tertiary/aromatic N) is 2. The first-order valence-electron chi connectivity index (χ1n) is 12.8. The fourth-order valence-corrected chi connectivity index (χ4v) is 5.33. The molecule has 0 aromatic heterocycles. The van der Waals surface area contributed by atoms with Gasteiger partial charge < -0.3 is 10.2 Å². The molecular weight excluding hydrogens is 517 g/mol. The maximum Gasteiger partial charge on any atom is 0.244 e. The Morgan fingerprint density at radius 2 is 1.59 bits per heavy atom. The largest absolute Gasteiger partial charge is 0.352 e. The van der Waals surface area contributed by atoms with Crippen molar-refractivity contribution < 1.29 is 22.4 Å². The highest BCUT2D eigenvalue weighted by atomic mass is 32.2. The van der Waals surface area contributed by atoms with Crippen LogP contribution in [-0.2, 0) is 32.6 Å². The Balaban J connectivity index is 2.08. The molecule has 3 rings (SSSR count). The zero-order chi connectivity index (χ0) is 28.7. The molecule has 3 aromatic carbocycles. The van der Waals surface area contributed by atoms with Crippen LogP contribution in [0.3, 0.4) is 0 Å². The molecule has 3 aromatic rings. The lowest BCUT2D eigenvalue weighted by atomic mass is 10.0. The highest BCUT2D eigenvalue weighted by molar-refractivity contribution is 7.92. The van der Waals surface area contributed by atoms with Crippen molar-refractivity contribution in [1.29, 1.82) is 0 Å². The number of aryl methyl sites for hydroxylation is 2. The zero-order valence-corrected chi connectivity index (χ0v) is 23.8. The van der Waals surface area contributed by atoms with E-state index in [1.165, 1.54) is 11.0 Å². The monoisotopic (exact) mass is 553 g/mol. The minimum Gasteiger partial charge on any atom is -0.352 e. The molecule has 208 valence electrons. The number of anilines is 1. The molecule has 0 fully saturated rings. The Bertz CT molecular complexity index is 1410. The highest BCUT2D eigenvalue weighted by Crippen LogP contribution is 2.25. The maximum absolute atomic E-state index is 14.8. The number of sulfonamides is 1. The Kier molecular flexibility index (Phi) is 9.86. The number of amides is 2. The van der Waals surface area contributed by atoms with Crippen molar-refractivity contribution in [1.82, 2.24) is 10.2 Å². The lowest BCUT2D eigenvalue weighted by molar-refractivity contribution is -0.140. The van der Waals surface area contributed by atoms with Gasteiger partial charge in [0.25, 0.3) is 0 Å². The third-order valence-electron chi connectivity index (χ3n) is 6.30. The van der Waals surface area contributed by atoms with Crippen LogP contribution in [0.5, 0.6) is 0 Å². The summed E-state index contributed by atoms with van der Waals surface area (Å²) in [6.07, 6.45) is 1.20. The number of nitrogens with one attached hydrogen (secondary N) is 1. The van der Waals surface area contributed by atoms with E-state index in [-0.39, 0.29) is 24.6 Å². The molecule has 0 heterocycles. The molecule has 0 aliphatic heterocycles. The van der Waals surface area contributed by atoms with Gasteiger partial charge in [0.1, 0.15) is 18.4 Å². The number of hydrogen-bond acceptors (Lipinski definition) is 4. The summed E-state index contributed by atoms with van der Waals surface area (Å²) in [6.45, 7) is 6.54. The quantitative estimate of drug-likeness (QED) is 0.382. The summed E-state index contributed by atoms with van der Waals surface area (Å²) in [5.41, 5.74) is 3.03. The van der Waals surface area contributed by atoms with Gasteiger partial charge in [-0.15, -0.1) is 0 Å². The Morgan fingerprint density at radius 1 is 0.949 bits per heavy atom. The Morgan fingerprint density at radius 3 is 2.18 bits per heavy atom. The second-order valence-corrected chi connectivity index (χ2v) is 11.9. The van der Waals surface area contributed by atoms with Gasteiger partial charge >= 0.3 is 0 Å². The van der Waals surface area contributed by atoms with Crippen LogP contribution in [0.4, 0.5) is 10.1 Å².